The van der Waals surface area contributed by atoms with Crippen molar-refractivity contribution in [1.82, 2.24) is 15.0 Å². The van der Waals surface area contributed by atoms with Gasteiger partial charge in [-0.3, -0.25) is 9.78 Å². The van der Waals surface area contributed by atoms with Crippen LogP contribution in [0.2, 0.25) is 10.0 Å². The molecule has 10 heteroatoms. The number of ketones is 1. The molecule has 2 atom stereocenters. The minimum absolute atomic E-state index is 0.0719. The molecule has 1 saturated heterocycles. The van der Waals surface area contributed by atoms with Crippen molar-refractivity contribution in [3.8, 4) is 0 Å². The Morgan fingerprint density at radius 2 is 2.10 bits per heavy atom. The minimum Gasteiger partial charge on any atom is -0.477 e. The largest absolute Gasteiger partial charge is 0.477 e. The number of fused-ring (bicyclic) bond motifs is 1. The molecule has 2 unspecified atom stereocenters. The number of carboxylic acid groups (broad SMARTS) is 1. The van der Waals surface area contributed by atoms with Crippen molar-refractivity contribution < 1.29 is 14.7 Å². The minimum atomic E-state index is -1.12. The molecule has 8 nitrogen and oxygen atoms in total. The molecule has 4 N–H and O–H groups in total. The standard InChI is InChI=1S/C20H19Cl2N5O3/c1-9-15(21)16(22)17(25-9)18(28)11-3-5-27(14(23)7-11)19-12-8-24-4-2-10(12)6-13(26-19)20(29)30/h2,4,6,8,11,14,25H,3,5,7,23H2,1H3,(H,29,30). The number of nitrogens with zero attached hydrogens (tertiary/aromatic N) is 3. The van der Waals surface area contributed by atoms with Gasteiger partial charge in [0.2, 0.25) is 0 Å². The third-order valence-corrected chi connectivity index (χ3v) is 6.37. The van der Waals surface area contributed by atoms with Gasteiger partial charge in [-0.05, 0) is 37.3 Å². The first-order valence-corrected chi connectivity index (χ1v) is 10.1. The fraction of sp³-hybridized carbons (Fsp3) is 0.300. The van der Waals surface area contributed by atoms with Gasteiger partial charge in [0.25, 0.3) is 0 Å². The Kier molecular flexibility index (Phi) is 5.40. The smallest absolute Gasteiger partial charge is 0.354 e. The molecule has 1 aliphatic heterocycles. The molecule has 3 aromatic heterocycles. The highest BCUT2D eigenvalue weighted by atomic mass is 35.5. The van der Waals surface area contributed by atoms with E-state index in [-0.39, 0.29) is 22.4 Å². The number of nitrogens with one attached hydrogen (secondary N) is 1. The predicted molar refractivity (Wildman–Crippen MR) is 114 cm³/mol. The van der Waals surface area contributed by atoms with E-state index < -0.39 is 12.1 Å². The predicted octanol–water partition coefficient (Wildman–Crippen LogP) is 3.66. The zero-order chi connectivity index (χ0) is 21.6. The van der Waals surface area contributed by atoms with Crippen LogP contribution in [0.1, 0.15) is 39.5 Å². The summed E-state index contributed by atoms with van der Waals surface area (Å²) in [5, 5.41) is 11.4. The number of aromatic carboxylic acids is 1. The van der Waals surface area contributed by atoms with Crippen LogP contribution in [0, 0.1) is 12.8 Å². The molecule has 30 heavy (non-hydrogen) atoms. The van der Waals surface area contributed by atoms with E-state index in [1.807, 2.05) is 4.90 Å². The first-order chi connectivity index (χ1) is 14.3. The number of hydrogen-bond acceptors (Lipinski definition) is 6. The van der Waals surface area contributed by atoms with Gasteiger partial charge in [-0.15, -0.1) is 0 Å². The summed E-state index contributed by atoms with van der Waals surface area (Å²) in [6, 6.07) is 3.23. The molecule has 0 spiro atoms. The lowest BCUT2D eigenvalue weighted by Gasteiger charge is -2.38. The maximum absolute atomic E-state index is 13.0. The van der Waals surface area contributed by atoms with Crippen molar-refractivity contribution in [3.05, 3.63) is 51.7 Å². The number of carbonyl (C=O) groups excluding carboxylic acids is 1. The van der Waals surface area contributed by atoms with Crippen LogP contribution in [-0.2, 0) is 0 Å². The summed E-state index contributed by atoms with van der Waals surface area (Å²) in [5.74, 6) is -1.14. The zero-order valence-electron chi connectivity index (χ0n) is 16.0. The van der Waals surface area contributed by atoms with Gasteiger partial charge in [-0.25, -0.2) is 9.78 Å². The van der Waals surface area contributed by atoms with Crippen molar-refractivity contribution in [2.24, 2.45) is 11.7 Å². The summed E-state index contributed by atoms with van der Waals surface area (Å²) in [6.45, 7) is 2.18. The lowest BCUT2D eigenvalue weighted by Crippen LogP contribution is -2.50. The van der Waals surface area contributed by atoms with Gasteiger partial charge >= 0.3 is 5.97 Å². The van der Waals surface area contributed by atoms with E-state index in [4.69, 9.17) is 28.9 Å². The van der Waals surface area contributed by atoms with E-state index in [1.165, 1.54) is 6.07 Å². The first kappa shape index (κ1) is 20.6. The summed E-state index contributed by atoms with van der Waals surface area (Å²) in [6.07, 6.45) is 3.58. The third-order valence-electron chi connectivity index (χ3n) is 5.42. The number of carbonyl (C=O) groups is 2. The molecule has 156 valence electrons. The highest BCUT2D eigenvalue weighted by Gasteiger charge is 2.34. The highest BCUT2D eigenvalue weighted by molar-refractivity contribution is 6.44. The molecular formula is C20H19Cl2N5O3. The van der Waals surface area contributed by atoms with Crippen molar-refractivity contribution >= 4 is 51.5 Å². The Bertz CT molecular complexity index is 1160. The van der Waals surface area contributed by atoms with Crippen molar-refractivity contribution in [3.63, 3.8) is 0 Å². The number of rotatable bonds is 4. The Hall–Kier alpha value is -2.68. The van der Waals surface area contributed by atoms with Crippen LogP contribution < -0.4 is 10.6 Å². The van der Waals surface area contributed by atoms with Gasteiger partial charge in [0.15, 0.2) is 11.5 Å². The number of H-pyrrole nitrogens is 1. The Balaban J connectivity index is 1.63. The third kappa shape index (κ3) is 3.51. The lowest BCUT2D eigenvalue weighted by molar-refractivity contribution is 0.0690. The van der Waals surface area contributed by atoms with Crippen LogP contribution in [0.5, 0.6) is 0 Å². The quantitative estimate of drug-likeness (QED) is 0.520. The average Bonchev–Trinajstić information content (AvgIpc) is 2.99. The molecule has 0 aliphatic carbocycles. The number of aromatic amines is 1. The van der Waals surface area contributed by atoms with Gasteiger partial charge in [0.1, 0.15) is 11.5 Å². The Morgan fingerprint density at radius 3 is 2.73 bits per heavy atom. The van der Waals surface area contributed by atoms with Crippen molar-refractivity contribution in [2.45, 2.75) is 25.9 Å². The van der Waals surface area contributed by atoms with E-state index in [0.717, 1.165) is 0 Å². The fourth-order valence-corrected chi connectivity index (χ4v) is 4.27. The van der Waals surface area contributed by atoms with E-state index in [2.05, 4.69) is 15.0 Å². The zero-order valence-corrected chi connectivity index (χ0v) is 17.5. The van der Waals surface area contributed by atoms with E-state index >= 15 is 0 Å². The summed E-state index contributed by atoms with van der Waals surface area (Å²) < 4.78 is 0. The monoisotopic (exact) mass is 447 g/mol. The number of nitrogens with two attached hydrogens (primary N) is 1. The molecule has 0 saturated carbocycles. The van der Waals surface area contributed by atoms with Crippen molar-refractivity contribution in [2.75, 3.05) is 11.4 Å². The molecule has 3 aromatic rings. The van der Waals surface area contributed by atoms with Gasteiger partial charge < -0.3 is 20.7 Å². The maximum Gasteiger partial charge on any atom is 0.354 e. The van der Waals surface area contributed by atoms with Gasteiger partial charge in [-0.1, -0.05) is 23.2 Å². The van der Waals surface area contributed by atoms with Gasteiger partial charge in [0, 0.05) is 35.9 Å². The second-order valence-electron chi connectivity index (χ2n) is 7.33. The number of anilines is 1. The second-order valence-corrected chi connectivity index (χ2v) is 8.09. The van der Waals surface area contributed by atoms with Crippen LogP contribution in [-0.4, -0.2) is 44.5 Å². The molecule has 0 radical (unpaired) electrons. The summed E-state index contributed by atoms with van der Waals surface area (Å²) in [7, 11) is 0. The average molecular weight is 448 g/mol. The van der Waals surface area contributed by atoms with Crippen molar-refractivity contribution in [1.29, 1.82) is 0 Å². The molecule has 0 amide bonds. The number of pyridine rings is 2. The molecule has 4 heterocycles. The Morgan fingerprint density at radius 1 is 1.33 bits per heavy atom. The van der Waals surface area contributed by atoms with Crippen LogP contribution in [0.25, 0.3) is 10.8 Å². The topological polar surface area (TPSA) is 125 Å². The van der Waals surface area contributed by atoms with E-state index in [1.54, 1.807) is 25.4 Å². The van der Waals surface area contributed by atoms with Crippen LogP contribution in [0.15, 0.2) is 24.5 Å². The molecule has 1 fully saturated rings. The molecular weight excluding hydrogens is 429 g/mol. The van der Waals surface area contributed by atoms with Crippen LogP contribution >= 0.6 is 23.2 Å². The number of Topliss-reactive ketones (excluding diaryl/α,β-unsaturated/α-hetero) is 1. The highest BCUT2D eigenvalue weighted by Crippen LogP contribution is 2.35. The summed E-state index contributed by atoms with van der Waals surface area (Å²) in [4.78, 5) is 37.7. The lowest BCUT2D eigenvalue weighted by atomic mass is 9.89. The molecule has 4 rings (SSSR count). The Labute approximate surface area is 182 Å². The number of halogens is 2. The summed E-state index contributed by atoms with van der Waals surface area (Å²) in [5.41, 5.74) is 7.27. The SMILES string of the molecule is Cc1[nH]c(C(=O)C2CCN(c3nc(C(=O)O)cc4ccncc34)C(N)C2)c(Cl)c1Cl. The maximum atomic E-state index is 13.0. The number of aryl methyl sites for hydroxylation is 1. The number of aromatic nitrogens is 3. The second kappa shape index (κ2) is 7.86. The molecule has 0 bridgehead atoms. The van der Waals surface area contributed by atoms with Gasteiger partial charge in [-0.2, -0.15) is 0 Å². The number of hydrogen-bond donors (Lipinski definition) is 3. The normalized spacial score (nSPS) is 19.3. The molecule has 1 aliphatic rings. The van der Waals surface area contributed by atoms with E-state index in [9.17, 15) is 14.7 Å². The first-order valence-electron chi connectivity index (χ1n) is 9.36. The van der Waals surface area contributed by atoms with Crippen LogP contribution in [0.3, 0.4) is 0 Å². The fourth-order valence-electron chi connectivity index (χ4n) is 3.84. The number of piperidine rings is 1. The van der Waals surface area contributed by atoms with E-state index in [0.29, 0.717) is 52.4 Å². The van der Waals surface area contributed by atoms with Gasteiger partial charge in [0.05, 0.1) is 16.2 Å². The summed E-state index contributed by atoms with van der Waals surface area (Å²) >= 11 is 12.3. The number of carboxylic acids is 1. The molecule has 0 aromatic carbocycles. The van der Waals surface area contributed by atoms with Crippen LogP contribution in [0.4, 0.5) is 5.82 Å².